The summed E-state index contributed by atoms with van der Waals surface area (Å²) in [7, 11) is 1.97. The van der Waals surface area contributed by atoms with Crippen LogP contribution in [-0.2, 0) is 20.1 Å². The van der Waals surface area contributed by atoms with Gasteiger partial charge in [0.15, 0.2) is 0 Å². The van der Waals surface area contributed by atoms with Gasteiger partial charge >= 0.3 is 0 Å². The second kappa shape index (κ2) is 5.35. The highest BCUT2D eigenvalue weighted by Crippen LogP contribution is 2.16. The Balaban J connectivity index is 2.00. The molecule has 0 aliphatic rings. The first kappa shape index (κ1) is 12.8. The molecule has 0 aromatic carbocycles. The van der Waals surface area contributed by atoms with E-state index in [4.69, 9.17) is 0 Å². The molecule has 5 heteroatoms. The van der Waals surface area contributed by atoms with E-state index in [0.717, 1.165) is 13.1 Å². The number of rotatable bonds is 5. The molecule has 0 saturated carbocycles. The van der Waals surface area contributed by atoms with Gasteiger partial charge in [-0.05, 0) is 20.8 Å². The van der Waals surface area contributed by atoms with Crippen LogP contribution in [0.15, 0.2) is 18.7 Å². The second-order valence-electron chi connectivity index (χ2n) is 4.58. The highest BCUT2D eigenvalue weighted by atomic mass is 15.3. The molecule has 0 aliphatic carbocycles. The summed E-state index contributed by atoms with van der Waals surface area (Å²) < 4.78 is 4.06. The van der Waals surface area contributed by atoms with E-state index in [1.165, 1.54) is 17.0 Å². The van der Waals surface area contributed by atoms with Crippen molar-refractivity contribution >= 4 is 0 Å². The summed E-state index contributed by atoms with van der Waals surface area (Å²) >= 11 is 0. The Morgan fingerprint density at radius 1 is 1.39 bits per heavy atom. The second-order valence-corrected chi connectivity index (χ2v) is 4.58. The zero-order valence-electron chi connectivity index (χ0n) is 11.5. The average Bonchev–Trinajstić information content (AvgIpc) is 2.94. The van der Waals surface area contributed by atoms with Crippen LogP contribution in [0.5, 0.6) is 0 Å². The number of nitrogens with one attached hydrogen (secondary N) is 1. The van der Waals surface area contributed by atoms with Gasteiger partial charge in [0.25, 0.3) is 0 Å². The molecule has 0 aliphatic heterocycles. The Morgan fingerprint density at radius 2 is 2.17 bits per heavy atom. The van der Waals surface area contributed by atoms with Crippen molar-refractivity contribution in [2.24, 2.45) is 7.05 Å². The zero-order chi connectivity index (χ0) is 13.1. The number of imidazole rings is 1. The number of aromatic nitrogens is 4. The summed E-state index contributed by atoms with van der Waals surface area (Å²) in [4.78, 5) is 4.17. The molecule has 5 nitrogen and oxygen atoms in total. The normalized spacial score (nSPS) is 12.9. The van der Waals surface area contributed by atoms with Crippen molar-refractivity contribution in [1.29, 1.82) is 0 Å². The van der Waals surface area contributed by atoms with E-state index < -0.39 is 0 Å². The summed E-state index contributed by atoms with van der Waals surface area (Å²) in [6, 6.07) is 0.291. The summed E-state index contributed by atoms with van der Waals surface area (Å²) in [5, 5.41) is 7.79. The Morgan fingerprint density at radius 3 is 2.78 bits per heavy atom. The molecular weight excluding hydrogens is 226 g/mol. The summed E-state index contributed by atoms with van der Waals surface area (Å²) in [5.41, 5.74) is 3.67. The van der Waals surface area contributed by atoms with Crippen LogP contribution in [0.4, 0.5) is 0 Å². The van der Waals surface area contributed by atoms with Crippen LogP contribution in [0.2, 0.25) is 0 Å². The predicted molar refractivity (Wildman–Crippen MR) is 71.1 cm³/mol. The average molecular weight is 247 g/mol. The summed E-state index contributed by atoms with van der Waals surface area (Å²) in [5.74, 6) is 0. The van der Waals surface area contributed by atoms with Crippen molar-refractivity contribution < 1.29 is 0 Å². The zero-order valence-corrected chi connectivity index (χ0v) is 11.5. The van der Waals surface area contributed by atoms with Gasteiger partial charge < -0.3 is 9.88 Å². The van der Waals surface area contributed by atoms with E-state index in [-0.39, 0.29) is 0 Å². The quantitative estimate of drug-likeness (QED) is 0.876. The highest BCUT2D eigenvalue weighted by Gasteiger charge is 2.12. The van der Waals surface area contributed by atoms with Gasteiger partial charge in [-0.15, -0.1) is 0 Å². The van der Waals surface area contributed by atoms with Crippen LogP contribution >= 0.6 is 0 Å². The minimum atomic E-state index is 0.291. The third kappa shape index (κ3) is 2.46. The van der Waals surface area contributed by atoms with Gasteiger partial charge in [0.1, 0.15) is 0 Å². The summed E-state index contributed by atoms with van der Waals surface area (Å²) in [6.45, 7) is 8.16. The molecule has 0 spiro atoms. The van der Waals surface area contributed by atoms with Gasteiger partial charge in [-0.25, -0.2) is 4.98 Å². The molecule has 0 fully saturated rings. The number of nitrogens with zero attached hydrogens (tertiary/aromatic N) is 4. The van der Waals surface area contributed by atoms with Crippen LogP contribution < -0.4 is 5.32 Å². The fourth-order valence-electron chi connectivity index (χ4n) is 2.09. The fraction of sp³-hybridized carbons (Fsp3) is 0.538. The molecule has 2 aromatic heterocycles. The molecule has 1 N–H and O–H groups in total. The van der Waals surface area contributed by atoms with Gasteiger partial charge in [-0.1, -0.05) is 0 Å². The van der Waals surface area contributed by atoms with Crippen LogP contribution in [-0.4, -0.2) is 19.3 Å². The van der Waals surface area contributed by atoms with E-state index in [9.17, 15) is 0 Å². The molecule has 0 radical (unpaired) electrons. The molecule has 0 bridgehead atoms. The van der Waals surface area contributed by atoms with Crippen molar-refractivity contribution in [2.45, 2.75) is 39.9 Å². The maximum absolute atomic E-state index is 4.28. The molecule has 18 heavy (non-hydrogen) atoms. The van der Waals surface area contributed by atoms with Gasteiger partial charge in [-0.2, -0.15) is 5.10 Å². The first-order valence-electron chi connectivity index (χ1n) is 6.34. The largest absolute Gasteiger partial charge is 0.334 e. The first-order chi connectivity index (χ1) is 8.63. The highest BCUT2D eigenvalue weighted by molar-refractivity contribution is 5.19. The van der Waals surface area contributed by atoms with E-state index >= 15 is 0 Å². The van der Waals surface area contributed by atoms with Gasteiger partial charge in [0, 0.05) is 43.6 Å². The molecular formula is C13H21N5. The Bertz CT molecular complexity index is 511. The van der Waals surface area contributed by atoms with Crippen LogP contribution in [0, 0.1) is 6.92 Å². The monoisotopic (exact) mass is 247 g/mol. The molecule has 98 valence electrons. The maximum atomic E-state index is 4.28. The van der Waals surface area contributed by atoms with Gasteiger partial charge in [0.05, 0.1) is 18.2 Å². The minimum Gasteiger partial charge on any atom is -0.334 e. The lowest BCUT2D eigenvalue weighted by Gasteiger charge is -2.14. The van der Waals surface area contributed by atoms with E-state index in [1.54, 1.807) is 0 Å². The first-order valence-corrected chi connectivity index (χ1v) is 6.34. The van der Waals surface area contributed by atoms with Gasteiger partial charge in [0.2, 0.25) is 0 Å². The Hall–Kier alpha value is -1.62. The molecule has 1 atom stereocenters. The van der Waals surface area contributed by atoms with Crippen molar-refractivity contribution in [3.05, 3.63) is 35.7 Å². The van der Waals surface area contributed by atoms with Crippen LogP contribution in [0.3, 0.4) is 0 Å². The van der Waals surface area contributed by atoms with Crippen molar-refractivity contribution in [3.63, 3.8) is 0 Å². The molecule has 2 rings (SSSR count). The third-order valence-electron chi connectivity index (χ3n) is 3.47. The van der Waals surface area contributed by atoms with Crippen LogP contribution in [0.25, 0.3) is 0 Å². The standard InChI is InChI=1S/C13H21N5/c1-5-18-9-14-6-12(18)7-15-10(2)13-8-16-17(4)11(13)3/h6,8-10,15H,5,7H2,1-4H3. The molecule has 1 unspecified atom stereocenters. The van der Waals surface area contributed by atoms with Crippen LogP contribution in [0.1, 0.15) is 36.8 Å². The smallest absolute Gasteiger partial charge is 0.0948 e. The fourth-order valence-corrected chi connectivity index (χ4v) is 2.09. The molecule has 0 amide bonds. The maximum Gasteiger partial charge on any atom is 0.0948 e. The van der Waals surface area contributed by atoms with Crippen molar-refractivity contribution in [2.75, 3.05) is 0 Å². The predicted octanol–water partition coefficient (Wildman–Crippen LogP) is 1.80. The Labute approximate surface area is 108 Å². The molecule has 0 saturated heterocycles. The van der Waals surface area contributed by atoms with Crippen molar-refractivity contribution in [3.8, 4) is 0 Å². The third-order valence-corrected chi connectivity index (χ3v) is 3.47. The van der Waals surface area contributed by atoms with E-state index in [1.807, 2.05) is 30.5 Å². The number of aryl methyl sites for hydroxylation is 2. The van der Waals surface area contributed by atoms with E-state index in [0.29, 0.717) is 6.04 Å². The lowest BCUT2D eigenvalue weighted by Crippen LogP contribution is -2.20. The lowest BCUT2D eigenvalue weighted by atomic mass is 10.1. The van der Waals surface area contributed by atoms with E-state index in [2.05, 4.69) is 40.7 Å². The molecule has 2 heterocycles. The minimum absolute atomic E-state index is 0.291. The SMILES string of the molecule is CCn1cncc1CNC(C)c1cnn(C)c1C. The lowest BCUT2D eigenvalue weighted by molar-refractivity contribution is 0.546. The number of hydrogen-bond donors (Lipinski definition) is 1. The van der Waals surface area contributed by atoms with Crippen molar-refractivity contribution in [1.82, 2.24) is 24.6 Å². The number of hydrogen-bond acceptors (Lipinski definition) is 3. The topological polar surface area (TPSA) is 47.7 Å². The Kier molecular flexibility index (Phi) is 3.81. The summed E-state index contributed by atoms with van der Waals surface area (Å²) in [6.07, 6.45) is 5.72. The molecule has 2 aromatic rings. The van der Waals surface area contributed by atoms with Gasteiger partial charge in [-0.3, -0.25) is 4.68 Å².